The fourth-order valence-electron chi connectivity index (χ4n) is 5.81. The van der Waals surface area contributed by atoms with Gasteiger partial charge in [-0.25, -0.2) is 0 Å². The molecule has 2 atom stereocenters. The van der Waals surface area contributed by atoms with E-state index in [9.17, 15) is 4.79 Å². The van der Waals surface area contributed by atoms with Crippen molar-refractivity contribution < 1.29 is 9.53 Å². The number of rotatable bonds is 9. The van der Waals surface area contributed by atoms with E-state index in [4.69, 9.17) is 4.74 Å². The van der Waals surface area contributed by atoms with Gasteiger partial charge in [0.25, 0.3) is 5.91 Å². The normalized spacial score (nSPS) is 20.9. The fourth-order valence-corrected chi connectivity index (χ4v) is 5.81. The van der Waals surface area contributed by atoms with Gasteiger partial charge in [-0.15, -0.1) is 0 Å². The number of likely N-dealkylation sites (tertiary alicyclic amines) is 1. The van der Waals surface area contributed by atoms with E-state index in [1.54, 1.807) is 0 Å². The summed E-state index contributed by atoms with van der Waals surface area (Å²) in [6.45, 7) is 17.4. The molecule has 0 aromatic heterocycles. The zero-order valence-electron chi connectivity index (χ0n) is 23.7. The number of ether oxygens (including phenoxy) is 1. The molecule has 0 spiro atoms. The molecule has 5 nitrogen and oxygen atoms in total. The van der Waals surface area contributed by atoms with Crippen LogP contribution in [0.3, 0.4) is 0 Å². The highest BCUT2D eigenvalue weighted by atomic mass is 16.5. The number of hydrogen-bond acceptors (Lipinski definition) is 4. The zero-order valence-corrected chi connectivity index (χ0v) is 23.7. The second kappa shape index (κ2) is 12.8. The molecule has 2 aliphatic heterocycles. The number of hydrogen-bond donors (Lipinski definition) is 0. The van der Waals surface area contributed by atoms with Crippen LogP contribution in [-0.4, -0.2) is 67.6 Å². The molecule has 2 aromatic rings. The summed E-state index contributed by atoms with van der Waals surface area (Å²) in [5, 5.41) is 0. The average Bonchev–Trinajstić information content (AvgIpc) is 2.92. The number of benzene rings is 2. The van der Waals surface area contributed by atoms with Crippen LogP contribution in [0.25, 0.3) is 0 Å². The third-order valence-electron chi connectivity index (χ3n) is 8.37. The first kappa shape index (κ1) is 27.5. The van der Waals surface area contributed by atoms with Crippen LogP contribution in [0.2, 0.25) is 0 Å². The maximum absolute atomic E-state index is 13.3. The molecule has 1 amide bonds. The summed E-state index contributed by atoms with van der Waals surface area (Å²) in [5.41, 5.74) is 4.35. The molecule has 0 saturated carbocycles. The summed E-state index contributed by atoms with van der Waals surface area (Å²) in [5.74, 6) is 2.31. The molecule has 37 heavy (non-hydrogen) atoms. The number of piperazine rings is 1. The van der Waals surface area contributed by atoms with E-state index in [-0.39, 0.29) is 5.91 Å². The molecule has 202 valence electrons. The number of piperidine rings is 1. The summed E-state index contributed by atoms with van der Waals surface area (Å²) in [6.07, 6.45) is 5.07. The molecule has 5 heteroatoms. The smallest absolute Gasteiger partial charge is 0.254 e. The van der Waals surface area contributed by atoms with Gasteiger partial charge in [-0.3, -0.25) is 4.79 Å². The first-order chi connectivity index (χ1) is 17.9. The van der Waals surface area contributed by atoms with Crippen LogP contribution >= 0.6 is 0 Å². The molecule has 2 aliphatic rings. The van der Waals surface area contributed by atoms with E-state index in [2.05, 4.69) is 86.9 Å². The summed E-state index contributed by atoms with van der Waals surface area (Å²) in [7, 11) is 0. The maximum Gasteiger partial charge on any atom is 0.254 e. The topological polar surface area (TPSA) is 36.0 Å². The van der Waals surface area contributed by atoms with Crippen molar-refractivity contribution in [2.75, 3.05) is 50.8 Å². The van der Waals surface area contributed by atoms with Crippen LogP contribution in [0.1, 0.15) is 80.8 Å². The highest BCUT2D eigenvalue weighted by Crippen LogP contribution is 2.26. The minimum Gasteiger partial charge on any atom is -0.494 e. The van der Waals surface area contributed by atoms with Crippen LogP contribution < -0.4 is 9.64 Å². The molecule has 2 unspecified atom stereocenters. The highest BCUT2D eigenvalue weighted by Gasteiger charge is 2.25. The lowest BCUT2D eigenvalue weighted by Crippen LogP contribution is -2.49. The molecule has 2 heterocycles. The van der Waals surface area contributed by atoms with Gasteiger partial charge in [0.2, 0.25) is 0 Å². The lowest BCUT2D eigenvalue weighted by molar-refractivity contribution is 0.0745. The largest absolute Gasteiger partial charge is 0.494 e. The van der Waals surface area contributed by atoms with Gasteiger partial charge in [0.05, 0.1) is 6.61 Å². The molecule has 0 radical (unpaired) electrons. The van der Waals surface area contributed by atoms with E-state index in [0.29, 0.717) is 12.0 Å². The Balaban J connectivity index is 1.23. The quantitative estimate of drug-likeness (QED) is 0.372. The summed E-state index contributed by atoms with van der Waals surface area (Å²) in [4.78, 5) is 20.4. The highest BCUT2D eigenvalue weighted by molar-refractivity contribution is 5.96. The molecule has 2 fully saturated rings. The third kappa shape index (κ3) is 7.07. The number of amides is 1. The Hall–Kier alpha value is -2.53. The Morgan fingerprint density at radius 2 is 1.76 bits per heavy atom. The van der Waals surface area contributed by atoms with Gasteiger partial charge < -0.3 is 19.4 Å². The van der Waals surface area contributed by atoms with Crippen molar-refractivity contribution in [3.05, 3.63) is 59.2 Å². The minimum absolute atomic E-state index is 0.167. The second-order valence-corrected chi connectivity index (χ2v) is 11.4. The van der Waals surface area contributed by atoms with Crippen molar-refractivity contribution in [1.82, 2.24) is 9.80 Å². The molecule has 4 rings (SSSR count). The Bertz CT molecular complexity index is 1010. The van der Waals surface area contributed by atoms with Crippen molar-refractivity contribution in [3.8, 4) is 5.75 Å². The molecular weight excluding hydrogens is 458 g/mol. The number of carbonyl (C=O) groups is 1. The molecule has 0 aliphatic carbocycles. The average molecular weight is 506 g/mol. The number of nitrogens with zero attached hydrogens (tertiary/aromatic N) is 3. The van der Waals surface area contributed by atoms with Gasteiger partial charge >= 0.3 is 0 Å². The van der Waals surface area contributed by atoms with Crippen LogP contribution in [-0.2, 0) is 0 Å². The van der Waals surface area contributed by atoms with Gasteiger partial charge in [0.1, 0.15) is 5.75 Å². The number of anilines is 1. The second-order valence-electron chi connectivity index (χ2n) is 11.4. The fraction of sp³-hybridized carbons (Fsp3) is 0.594. The Kier molecular flexibility index (Phi) is 9.53. The molecule has 0 N–H and O–H groups in total. The molecule has 2 aromatic carbocycles. The molecule has 2 saturated heterocycles. The molecular formula is C32H47N3O2. The van der Waals surface area contributed by atoms with Crippen LogP contribution in [0, 0.1) is 12.8 Å². The first-order valence-corrected chi connectivity index (χ1v) is 14.5. The number of aryl methyl sites for hydroxylation is 1. The Morgan fingerprint density at radius 1 is 1.03 bits per heavy atom. The Labute approximate surface area is 224 Å². The summed E-state index contributed by atoms with van der Waals surface area (Å²) < 4.78 is 6.07. The van der Waals surface area contributed by atoms with Crippen LogP contribution in [0.15, 0.2) is 42.5 Å². The van der Waals surface area contributed by atoms with Crippen LogP contribution in [0.4, 0.5) is 5.69 Å². The summed E-state index contributed by atoms with van der Waals surface area (Å²) >= 11 is 0. The van der Waals surface area contributed by atoms with Crippen molar-refractivity contribution in [1.29, 1.82) is 0 Å². The van der Waals surface area contributed by atoms with Crippen LogP contribution in [0.5, 0.6) is 5.75 Å². The van der Waals surface area contributed by atoms with E-state index in [1.165, 1.54) is 31.5 Å². The zero-order chi connectivity index (χ0) is 26.4. The predicted molar refractivity (Wildman–Crippen MR) is 154 cm³/mol. The predicted octanol–water partition coefficient (Wildman–Crippen LogP) is 6.36. The van der Waals surface area contributed by atoms with Gasteiger partial charge in [0, 0.05) is 56.6 Å². The van der Waals surface area contributed by atoms with E-state index >= 15 is 0 Å². The summed E-state index contributed by atoms with van der Waals surface area (Å²) in [6, 6.07) is 15.5. The third-order valence-corrected chi connectivity index (χ3v) is 8.37. The lowest BCUT2D eigenvalue weighted by Gasteiger charge is -2.37. The van der Waals surface area contributed by atoms with E-state index in [1.807, 2.05) is 4.90 Å². The monoisotopic (exact) mass is 505 g/mol. The number of carbonyl (C=O) groups excluding carboxylic acids is 1. The van der Waals surface area contributed by atoms with E-state index in [0.717, 1.165) is 74.1 Å². The van der Waals surface area contributed by atoms with Crippen molar-refractivity contribution >= 4 is 11.6 Å². The van der Waals surface area contributed by atoms with Crippen molar-refractivity contribution in [3.63, 3.8) is 0 Å². The van der Waals surface area contributed by atoms with Gasteiger partial charge in [0.15, 0.2) is 0 Å². The van der Waals surface area contributed by atoms with E-state index < -0.39 is 0 Å². The van der Waals surface area contributed by atoms with Crippen molar-refractivity contribution in [2.45, 2.75) is 72.3 Å². The maximum atomic E-state index is 13.3. The molecule has 0 bridgehead atoms. The lowest BCUT2D eigenvalue weighted by atomic mass is 9.91. The SMILES string of the molecule is CCC1CCC(C)N(CCCOc2ccc(N3CCN(C(=O)c4cc(C)ccc4C(C)C)CC3)cc2)C1. The first-order valence-electron chi connectivity index (χ1n) is 14.5. The van der Waals surface area contributed by atoms with Gasteiger partial charge in [-0.1, -0.05) is 44.9 Å². The van der Waals surface area contributed by atoms with Crippen molar-refractivity contribution in [2.24, 2.45) is 5.92 Å². The Morgan fingerprint density at radius 3 is 2.43 bits per heavy atom. The van der Waals surface area contributed by atoms with Gasteiger partial charge in [-0.05, 0) is 80.8 Å². The van der Waals surface area contributed by atoms with Gasteiger partial charge in [-0.2, -0.15) is 0 Å². The standard InChI is InChI=1S/C32H47N3O2/c1-6-27-10-9-26(5)35(23-27)16-7-21-37-29-13-11-28(12-14-29)33-17-19-34(20-18-33)32(36)31-22-25(4)8-15-30(31)24(2)3/h8,11-15,22,24,26-27H,6-7,9-10,16-21,23H2,1-5H3. The minimum atomic E-state index is 0.167.